The van der Waals surface area contributed by atoms with Gasteiger partial charge in [-0.1, -0.05) is 24.3 Å². The number of alkyl halides is 3. The summed E-state index contributed by atoms with van der Waals surface area (Å²) in [5.41, 5.74) is 6.54. The molecule has 0 fully saturated rings. The second kappa shape index (κ2) is 9.31. The quantitative estimate of drug-likeness (QED) is 0.398. The fourth-order valence-corrected chi connectivity index (χ4v) is 3.27. The first-order valence-corrected chi connectivity index (χ1v) is 9.71. The Labute approximate surface area is 183 Å². The van der Waals surface area contributed by atoms with Gasteiger partial charge in [-0.2, -0.15) is 13.2 Å². The summed E-state index contributed by atoms with van der Waals surface area (Å²) < 4.78 is 46.5. The molecule has 2 aromatic carbocycles. The van der Waals surface area contributed by atoms with E-state index >= 15 is 0 Å². The van der Waals surface area contributed by atoms with Crippen molar-refractivity contribution in [3.05, 3.63) is 64.8 Å². The summed E-state index contributed by atoms with van der Waals surface area (Å²) in [4.78, 5) is 20.7. The van der Waals surface area contributed by atoms with Crippen LogP contribution in [0, 0.1) is 0 Å². The van der Waals surface area contributed by atoms with E-state index < -0.39 is 17.6 Å². The number of hydrogen-bond donors (Lipinski definition) is 3. The monoisotopic (exact) mass is 447 g/mol. The number of rotatable bonds is 6. The zero-order valence-electron chi connectivity index (χ0n) is 17.9. The standard InChI is InChI=1S/C22H24F3N5O2/c1-27-21(26)29-20(31)17-10-15-16(22(23,24)25)8-9-18(19(15)28-17)32-12-14-7-5-4-6-13(14)11-30(2)3/h4-10,28H,11-12H2,1-3H3,(H3,26,27,29,31). The number of H-pyrrole nitrogens is 1. The van der Waals surface area contributed by atoms with Crippen LogP contribution in [-0.4, -0.2) is 42.9 Å². The SMILES string of the molecule is CN=C(N)NC(=O)c1cc2c(C(F)(F)F)ccc(OCc3ccccc3CN(C)C)c2[nH]1. The van der Waals surface area contributed by atoms with Gasteiger partial charge in [0.1, 0.15) is 18.1 Å². The molecular weight excluding hydrogens is 423 g/mol. The zero-order chi connectivity index (χ0) is 23.5. The predicted octanol–water partition coefficient (Wildman–Crippen LogP) is 3.50. The lowest BCUT2D eigenvalue weighted by Gasteiger charge is -2.16. The number of nitrogens with one attached hydrogen (secondary N) is 2. The Hall–Kier alpha value is -3.53. The van der Waals surface area contributed by atoms with Gasteiger partial charge in [-0.15, -0.1) is 0 Å². The number of aromatic amines is 1. The third kappa shape index (κ3) is 5.20. The summed E-state index contributed by atoms with van der Waals surface area (Å²) in [6, 6.07) is 11.0. The average molecular weight is 447 g/mol. The van der Waals surface area contributed by atoms with Crippen LogP contribution in [0.5, 0.6) is 5.75 Å². The van der Waals surface area contributed by atoms with Crippen molar-refractivity contribution >= 4 is 22.8 Å². The number of aromatic nitrogens is 1. The van der Waals surface area contributed by atoms with Gasteiger partial charge >= 0.3 is 6.18 Å². The molecule has 1 aromatic heterocycles. The van der Waals surface area contributed by atoms with E-state index in [0.717, 1.165) is 23.3 Å². The molecule has 7 nitrogen and oxygen atoms in total. The molecule has 0 atom stereocenters. The maximum Gasteiger partial charge on any atom is 0.417 e. The van der Waals surface area contributed by atoms with Crippen molar-refractivity contribution in [1.29, 1.82) is 0 Å². The number of fused-ring (bicyclic) bond motifs is 1. The lowest BCUT2D eigenvalue weighted by Crippen LogP contribution is -2.36. The number of nitrogens with zero attached hydrogens (tertiary/aromatic N) is 2. The number of amides is 1. The van der Waals surface area contributed by atoms with Crippen LogP contribution in [0.4, 0.5) is 13.2 Å². The molecule has 0 bridgehead atoms. The number of hydrogen-bond acceptors (Lipinski definition) is 4. The van der Waals surface area contributed by atoms with E-state index in [1.807, 2.05) is 43.3 Å². The van der Waals surface area contributed by atoms with Crippen molar-refractivity contribution in [1.82, 2.24) is 15.2 Å². The number of carbonyl (C=O) groups excluding carboxylic acids is 1. The van der Waals surface area contributed by atoms with Gasteiger partial charge in [0.25, 0.3) is 5.91 Å². The maximum absolute atomic E-state index is 13.6. The molecule has 32 heavy (non-hydrogen) atoms. The van der Waals surface area contributed by atoms with Crippen molar-refractivity contribution in [3.63, 3.8) is 0 Å². The number of aliphatic imine (C=N–C) groups is 1. The summed E-state index contributed by atoms with van der Waals surface area (Å²) in [6.45, 7) is 0.843. The smallest absolute Gasteiger partial charge is 0.417 e. The Kier molecular flexibility index (Phi) is 6.73. The van der Waals surface area contributed by atoms with Crippen LogP contribution >= 0.6 is 0 Å². The molecule has 170 valence electrons. The van der Waals surface area contributed by atoms with E-state index in [1.165, 1.54) is 13.1 Å². The average Bonchev–Trinajstić information content (AvgIpc) is 3.17. The number of carbonyl (C=O) groups is 1. The molecule has 0 aliphatic heterocycles. The second-order valence-electron chi connectivity index (χ2n) is 7.44. The summed E-state index contributed by atoms with van der Waals surface area (Å²) in [5, 5.41) is 2.13. The maximum atomic E-state index is 13.6. The molecule has 0 aliphatic carbocycles. The number of nitrogens with two attached hydrogens (primary N) is 1. The van der Waals surface area contributed by atoms with Gasteiger partial charge in [-0.3, -0.25) is 15.1 Å². The van der Waals surface area contributed by atoms with Crippen molar-refractivity contribution < 1.29 is 22.7 Å². The minimum absolute atomic E-state index is 0.0714. The molecule has 0 unspecified atom stereocenters. The molecule has 10 heteroatoms. The first-order valence-electron chi connectivity index (χ1n) is 9.71. The Morgan fingerprint density at radius 3 is 2.50 bits per heavy atom. The number of halogens is 3. The highest BCUT2D eigenvalue weighted by Gasteiger charge is 2.34. The first kappa shape index (κ1) is 23.1. The van der Waals surface area contributed by atoms with Crippen molar-refractivity contribution in [3.8, 4) is 5.75 Å². The van der Waals surface area contributed by atoms with E-state index in [1.54, 1.807) is 0 Å². The normalized spacial score (nSPS) is 12.4. The Balaban J connectivity index is 1.98. The van der Waals surface area contributed by atoms with Gasteiger partial charge in [0.2, 0.25) is 0 Å². The second-order valence-corrected chi connectivity index (χ2v) is 7.44. The van der Waals surface area contributed by atoms with E-state index in [9.17, 15) is 18.0 Å². The Morgan fingerprint density at radius 2 is 1.88 bits per heavy atom. The summed E-state index contributed by atoms with van der Waals surface area (Å²) >= 11 is 0. The van der Waals surface area contributed by atoms with Crippen LogP contribution in [-0.2, 0) is 19.3 Å². The molecule has 0 saturated heterocycles. The molecule has 1 heterocycles. The molecule has 0 aliphatic rings. The van der Waals surface area contributed by atoms with Gasteiger partial charge in [0.15, 0.2) is 5.96 Å². The number of benzene rings is 2. The largest absolute Gasteiger partial charge is 0.487 e. The molecular formula is C22H24F3N5O2. The summed E-state index contributed by atoms with van der Waals surface area (Å²) in [5.74, 6) is -0.665. The van der Waals surface area contributed by atoms with Crippen LogP contribution in [0.1, 0.15) is 27.2 Å². The predicted molar refractivity (Wildman–Crippen MR) is 116 cm³/mol. The number of guanidine groups is 1. The van der Waals surface area contributed by atoms with Gasteiger partial charge in [0, 0.05) is 19.0 Å². The molecule has 3 aromatic rings. The third-order valence-electron chi connectivity index (χ3n) is 4.78. The molecule has 3 rings (SSSR count). The highest BCUT2D eigenvalue weighted by Crippen LogP contribution is 2.38. The zero-order valence-corrected chi connectivity index (χ0v) is 17.9. The summed E-state index contributed by atoms with van der Waals surface area (Å²) in [6.07, 6.45) is -4.60. The van der Waals surface area contributed by atoms with Crippen molar-refractivity contribution in [2.45, 2.75) is 19.3 Å². The first-order chi connectivity index (χ1) is 15.1. The fraction of sp³-hybridized carbons (Fsp3) is 0.273. The topological polar surface area (TPSA) is 95.7 Å². The highest BCUT2D eigenvalue weighted by atomic mass is 19.4. The molecule has 0 spiro atoms. The molecule has 0 saturated carbocycles. The Bertz CT molecular complexity index is 1150. The van der Waals surface area contributed by atoms with Gasteiger partial charge in [-0.25, -0.2) is 0 Å². The summed E-state index contributed by atoms with van der Waals surface area (Å²) in [7, 11) is 5.26. The van der Waals surface area contributed by atoms with Crippen molar-refractivity contribution in [2.24, 2.45) is 10.7 Å². The van der Waals surface area contributed by atoms with Crippen LogP contribution in [0.2, 0.25) is 0 Å². The minimum atomic E-state index is -4.60. The van der Waals surface area contributed by atoms with Crippen LogP contribution in [0.15, 0.2) is 47.5 Å². The van der Waals surface area contributed by atoms with Gasteiger partial charge in [0.05, 0.1) is 11.1 Å². The molecule has 4 N–H and O–H groups in total. The third-order valence-corrected chi connectivity index (χ3v) is 4.78. The van der Waals surface area contributed by atoms with E-state index in [-0.39, 0.29) is 34.9 Å². The Morgan fingerprint density at radius 1 is 1.19 bits per heavy atom. The van der Waals surface area contributed by atoms with E-state index in [0.29, 0.717) is 6.54 Å². The highest BCUT2D eigenvalue weighted by molar-refractivity contribution is 6.07. The lowest BCUT2D eigenvalue weighted by atomic mass is 10.1. The minimum Gasteiger partial charge on any atom is -0.487 e. The van der Waals surface area contributed by atoms with Crippen LogP contribution in [0.3, 0.4) is 0 Å². The fourth-order valence-electron chi connectivity index (χ4n) is 3.27. The molecule has 0 radical (unpaired) electrons. The van der Waals surface area contributed by atoms with Gasteiger partial charge in [-0.05, 0) is 43.4 Å². The van der Waals surface area contributed by atoms with E-state index in [2.05, 4.69) is 15.3 Å². The number of ether oxygens (including phenoxy) is 1. The lowest BCUT2D eigenvalue weighted by molar-refractivity contribution is -0.136. The van der Waals surface area contributed by atoms with E-state index in [4.69, 9.17) is 10.5 Å². The van der Waals surface area contributed by atoms with Crippen LogP contribution < -0.4 is 15.8 Å². The van der Waals surface area contributed by atoms with Crippen molar-refractivity contribution in [2.75, 3.05) is 21.1 Å². The molecule has 1 amide bonds. The van der Waals surface area contributed by atoms with Gasteiger partial charge < -0.3 is 20.4 Å². The van der Waals surface area contributed by atoms with Crippen LogP contribution in [0.25, 0.3) is 10.9 Å².